The molecule has 0 N–H and O–H groups in total. The van der Waals surface area contributed by atoms with E-state index in [-0.39, 0.29) is 17.9 Å². The number of carbonyl (C=O) groups excluding carboxylic acids is 1. The highest BCUT2D eigenvalue weighted by molar-refractivity contribution is 6.69. The average molecular weight is 333 g/mol. The summed E-state index contributed by atoms with van der Waals surface area (Å²) in [5.41, 5.74) is 0. The zero-order valence-electron chi connectivity index (χ0n) is 15.1. The molecule has 8 atom stereocenters. The topological polar surface area (TPSA) is 26.3 Å². The SMILES string of the molecule is C=C[C@H]1C=C[C@H]2[C@@H]3C[C@H](C)CC[C@H]3[C@H](O[Si](C)(C)C)[C@@H]2[C@H]1C=O. The average Bonchev–Trinajstić information content (AvgIpc) is 2.78. The van der Waals surface area contributed by atoms with Crippen LogP contribution in [0.2, 0.25) is 19.6 Å². The van der Waals surface area contributed by atoms with Gasteiger partial charge in [0.05, 0.1) is 6.10 Å². The van der Waals surface area contributed by atoms with Crippen molar-refractivity contribution in [3.05, 3.63) is 24.8 Å². The Hall–Kier alpha value is -0.673. The summed E-state index contributed by atoms with van der Waals surface area (Å²) in [5, 5.41) is 0. The Balaban J connectivity index is 1.97. The van der Waals surface area contributed by atoms with Crippen LogP contribution < -0.4 is 0 Å². The zero-order chi connectivity index (χ0) is 16.8. The third-order valence-electron chi connectivity index (χ3n) is 6.32. The van der Waals surface area contributed by atoms with E-state index in [1.165, 1.54) is 25.5 Å². The number of hydrogen-bond donors (Lipinski definition) is 0. The minimum absolute atomic E-state index is 0.0461. The van der Waals surface area contributed by atoms with Crippen LogP contribution in [0.1, 0.15) is 26.2 Å². The minimum atomic E-state index is -1.63. The molecule has 0 aromatic heterocycles. The van der Waals surface area contributed by atoms with Crippen molar-refractivity contribution in [3.63, 3.8) is 0 Å². The van der Waals surface area contributed by atoms with Gasteiger partial charge < -0.3 is 9.22 Å². The molecule has 0 unspecified atom stereocenters. The molecule has 3 rings (SSSR count). The van der Waals surface area contributed by atoms with Crippen LogP contribution >= 0.6 is 0 Å². The Morgan fingerprint density at radius 1 is 1.17 bits per heavy atom. The van der Waals surface area contributed by atoms with E-state index in [1.807, 2.05) is 6.08 Å². The van der Waals surface area contributed by atoms with E-state index in [0.29, 0.717) is 23.7 Å². The predicted molar refractivity (Wildman–Crippen MR) is 97.6 cm³/mol. The summed E-state index contributed by atoms with van der Waals surface area (Å²) >= 11 is 0. The van der Waals surface area contributed by atoms with Gasteiger partial charge in [-0.05, 0) is 56.2 Å². The summed E-state index contributed by atoms with van der Waals surface area (Å²) < 4.78 is 6.71. The van der Waals surface area contributed by atoms with Crippen molar-refractivity contribution in [1.29, 1.82) is 0 Å². The molecule has 0 aliphatic heterocycles. The highest BCUT2D eigenvalue weighted by atomic mass is 28.4. The summed E-state index contributed by atoms with van der Waals surface area (Å²) in [5.74, 6) is 3.26. The molecule has 0 aromatic carbocycles. The van der Waals surface area contributed by atoms with Gasteiger partial charge in [0.15, 0.2) is 8.32 Å². The van der Waals surface area contributed by atoms with Gasteiger partial charge in [-0.3, -0.25) is 0 Å². The molecule has 2 nitrogen and oxygen atoms in total. The molecule has 3 heteroatoms. The molecule has 0 heterocycles. The second-order valence-electron chi connectivity index (χ2n) is 9.01. The first kappa shape index (κ1) is 17.2. The lowest BCUT2D eigenvalue weighted by molar-refractivity contribution is -0.115. The number of rotatable bonds is 4. The van der Waals surface area contributed by atoms with E-state index in [0.717, 1.165) is 5.92 Å². The summed E-state index contributed by atoms with van der Waals surface area (Å²) in [6.45, 7) is 13.2. The van der Waals surface area contributed by atoms with Crippen LogP contribution in [-0.4, -0.2) is 20.7 Å². The second-order valence-corrected chi connectivity index (χ2v) is 13.5. The molecular formula is C20H32O2Si. The maximum Gasteiger partial charge on any atom is 0.184 e. The maximum atomic E-state index is 11.9. The van der Waals surface area contributed by atoms with E-state index in [1.54, 1.807) is 0 Å². The summed E-state index contributed by atoms with van der Waals surface area (Å²) in [4.78, 5) is 11.9. The van der Waals surface area contributed by atoms with Crippen molar-refractivity contribution in [2.75, 3.05) is 0 Å². The molecule has 0 aromatic rings. The Bertz CT molecular complexity index is 492. The summed E-state index contributed by atoms with van der Waals surface area (Å²) in [6, 6.07) is 0. The molecule has 0 amide bonds. The quantitative estimate of drug-likeness (QED) is 0.424. The fourth-order valence-corrected chi connectivity index (χ4v) is 6.62. The van der Waals surface area contributed by atoms with E-state index in [2.05, 4.69) is 45.3 Å². The lowest BCUT2D eigenvalue weighted by Crippen LogP contribution is -2.43. The van der Waals surface area contributed by atoms with Gasteiger partial charge in [0.1, 0.15) is 6.29 Å². The molecule has 3 aliphatic rings. The first-order valence-electron chi connectivity index (χ1n) is 9.29. The molecule has 23 heavy (non-hydrogen) atoms. The molecule has 0 bridgehead atoms. The number of carbonyl (C=O) groups is 1. The molecule has 2 saturated carbocycles. The van der Waals surface area contributed by atoms with Gasteiger partial charge in [0.2, 0.25) is 0 Å². The fraction of sp³-hybridized carbons (Fsp3) is 0.750. The molecular weight excluding hydrogens is 300 g/mol. The third-order valence-corrected chi connectivity index (χ3v) is 7.30. The van der Waals surface area contributed by atoms with Crippen LogP contribution in [0.4, 0.5) is 0 Å². The van der Waals surface area contributed by atoms with Crippen molar-refractivity contribution in [2.45, 2.75) is 51.9 Å². The van der Waals surface area contributed by atoms with Crippen molar-refractivity contribution < 1.29 is 9.22 Å². The van der Waals surface area contributed by atoms with E-state index >= 15 is 0 Å². The molecule has 128 valence electrons. The van der Waals surface area contributed by atoms with Crippen LogP contribution in [-0.2, 0) is 9.22 Å². The van der Waals surface area contributed by atoms with Gasteiger partial charge in [-0.1, -0.05) is 31.6 Å². The van der Waals surface area contributed by atoms with Crippen LogP contribution in [0.3, 0.4) is 0 Å². The number of fused-ring (bicyclic) bond motifs is 3. The maximum absolute atomic E-state index is 11.9. The van der Waals surface area contributed by atoms with Crippen molar-refractivity contribution in [3.8, 4) is 0 Å². The Labute approximate surface area is 142 Å². The van der Waals surface area contributed by atoms with E-state index in [4.69, 9.17) is 4.43 Å². The largest absolute Gasteiger partial charge is 0.414 e. The molecule has 0 spiro atoms. The number of hydrogen-bond acceptors (Lipinski definition) is 2. The highest BCUT2D eigenvalue weighted by Crippen LogP contribution is 2.57. The smallest absolute Gasteiger partial charge is 0.184 e. The normalized spacial score (nSPS) is 46.1. The minimum Gasteiger partial charge on any atom is -0.414 e. The monoisotopic (exact) mass is 332 g/mol. The van der Waals surface area contributed by atoms with Gasteiger partial charge in [0, 0.05) is 17.8 Å². The van der Waals surface area contributed by atoms with Gasteiger partial charge >= 0.3 is 0 Å². The van der Waals surface area contributed by atoms with E-state index < -0.39 is 8.32 Å². The first-order valence-corrected chi connectivity index (χ1v) is 12.7. The van der Waals surface area contributed by atoms with Crippen molar-refractivity contribution in [1.82, 2.24) is 0 Å². The van der Waals surface area contributed by atoms with Gasteiger partial charge in [-0.2, -0.15) is 0 Å². The Kier molecular flexibility index (Phi) is 4.72. The van der Waals surface area contributed by atoms with Crippen molar-refractivity contribution in [2.24, 2.45) is 41.4 Å². The summed E-state index contributed by atoms with van der Waals surface area (Å²) in [7, 11) is -1.63. The first-order chi connectivity index (χ1) is 10.9. The van der Waals surface area contributed by atoms with Gasteiger partial charge in [0.25, 0.3) is 0 Å². The molecule has 2 fully saturated rings. The Morgan fingerprint density at radius 2 is 1.91 bits per heavy atom. The number of aldehydes is 1. The fourth-order valence-electron chi connectivity index (χ4n) is 5.47. The highest BCUT2D eigenvalue weighted by Gasteiger charge is 2.56. The molecule has 0 radical (unpaired) electrons. The standard InChI is InChI=1S/C20H32O2Si/c1-6-14-8-10-15-17-11-13(2)7-9-16(17)20(22-23(3,4)5)19(15)18(14)12-21/h6,8,10,12-20H,1,7,9,11H2,2-5H3/t13-,14+,15+,16-,17+,18+,19+,20+/m1/s1. The molecule has 0 saturated heterocycles. The third kappa shape index (κ3) is 3.15. The molecule has 3 aliphatic carbocycles. The van der Waals surface area contributed by atoms with Crippen LogP contribution in [0.25, 0.3) is 0 Å². The number of allylic oxidation sites excluding steroid dienone is 3. The van der Waals surface area contributed by atoms with Gasteiger partial charge in [-0.15, -0.1) is 6.58 Å². The van der Waals surface area contributed by atoms with Crippen molar-refractivity contribution >= 4 is 14.6 Å². The van der Waals surface area contributed by atoms with Crippen LogP contribution in [0, 0.1) is 41.4 Å². The van der Waals surface area contributed by atoms with Crippen LogP contribution in [0.5, 0.6) is 0 Å². The Morgan fingerprint density at radius 3 is 2.52 bits per heavy atom. The van der Waals surface area contributed by atoms with Gasteiger partial charge in [-0.25, -0.2) is 0 Å². The van der Waals surface area contributed by atoms with Crippen LogP contribution in [0.15, 0.2) is 24.8 Å². The lowest BCUT2D eigenvalue weighted by atomic mass is 9.68. The van der Waals surface area contributed by atoms with E-state index in [9.17, 15) is 4.79 Å². The summed E-state index contributed by atoms with van der Waals surface area (Å²) in [6.07, 6.45) is 11.9. The second kappa shape index (κ2) is 6.32. The predicted octanol–water partition coefficient (Wildman–Crippen LogP) is 4.69. The zero-order valence-corrected chi connectivity index (χ0v) is 16.1. The lowest BCUT2D eigenvalue weighted by Gasteiger charge is -2.38.